The molecule has 1 aromatic heterocycles. The van der Waals surface area contributed by atoms with Crippen LogP contribution in [-0.4, -0.2) is 69.2 Å². The van der Waals surface area contributed by atoms with Gasteiger partial charge in [-0.1, -0.05) is 30.4 Å². The third kappa shape index (κ3) is 7.65. The van der Waals surface area contributed by atoms with E-state index in [1.165, 1.54) is 0 Å². The number of anilines is 2. The van der Waals surface area contributed by atoms with Gasteiger partial charge in [0, 0.05) is 30.7 Å². The van der Waals surface area contributed by atoms with Crippen molar-refractivity contribution in [1.82, 2.24) is 4.90 Å². The minimum Gasteiger partial charge on any atom is -0.461 e. The molecule has 0 bridgehead atoms. The van der Waals surface area contributed by atoms with Crippen molar-refractivity contribution in [2.75, 3.05) is 56.5 Å². The fraction of sp³-hybridized carbons (Fsp3) is 0.484. The van der Waals surface area contributed by atoms with E-state index in [4.69, 9.17) is 4.74 Å². The molecule has 2 atom stereocenters. The van der Waals surface area contributed by atoms with Gasteiger partial charge in [0.15, 0.2) is 0 Å². The van der Waals surface area contributed by atoms with Crippen molar-refractivity contribution < 1.29 is 31.3 Å². The molecule has 232 valence electrons. The number of rotatable bonds is 8. The van der Waals surface area contributed by atoms with Gasteiger partial charge in [-0.2, -0.15) is 13.2 Å². The molecule has 3 aromatic rings. The van der Waals surface area contributed by atoms with E-state index in [9.17, 15) is 26.5 Å². The Kier molecular flexibility index (Phi) is 9.89. The molecule has 0 aliphatic carbocycles. The Morgan fingerprint density at radius 2 is 1.93 bits per heavy atom. The largest absolute Gasteiger partial charge is 0.461 e. The van der Waals surface area contributed by atoms with Crippen LogP contribution >= 0.6 is 18.5 Å². The van der Waals surface area contributed by atoms with E-state index >= 15 is 0 Å². The van der Waals surface area contributed by atoms with Crippen LogP contribution in [0.4, 0.5) is 33.3 Å². The first kappa shape index (κ1) is 31.6. The number of ether oxygens (including phenoxy) is 1. The maximum absolute atomic E-state index is 14.7. The number of thiophene rings is 1. The zero-order chi connectivity index (χ0) is 30.6. The minimum absolute atomic E-state index is 0.0591. The molecule has 2 unspecified atom stereocenters. The molecule has 0 radical (unpaired) electrons. The van der Waals surface area contributed by atoms with E-state index in [0.717, 1.165) is 37.1 Å². The van der Waals surface area contributed by atoms with E-state index in [0.29, 0.717) is 52.1 Å². The molecular weight excluding hydrogens is 604 g/mol. The lowest BCUT2D eigenvalue weighted by atomic mass is 10.0. The molecule has 2 N–H and O–H groups in total. The first-order valence-corrected chi connectivity index (χ1v) is 17.3. The maximum Gasteiger partial charge on any atom is 0.393 e. The van der Waals surface area contributed by atoms with Gasteiger partial charge < -0.3 is 24.8 Å². The highest BCUT2D eigenvalue weighted by molar-refractivity contribution is 7.71. The van der Waals surface area contributed by atoms with Gasteiger partial charge >= 0.3 is 6.18 Å². The zero-order valence-corrected chi connectivity index (χ0v) is 25.6. The third-order valence-corrected chi connectivity index (χ3v) is 12.5. The summed E-state index contributed by atoms with van der Waals surface area (Å²) < 4.78 is 87.9. The van der Waals surface area contributed by atoms with Gasteiger partial charge in [-0.25, -0.2) is 8.78 Å². The standard InChI is InChI=1S/C31H35F5N3O2PS/c1-39-14-12-25(24(33)19-39)38-27-8-5-7-22-23(18-31(34,35)36)29(43-30(22)27)9-6-13-37-26-11-10-21(17-28(26)41-20-32)42(40)15-3-2-4-16-42/h5,7-8,10-11,17,24-25,37-38H,2-4,12-16,18-20H2,1H3. The second-order valence-electron chi connectivity index (χ2n) is 11.2. The van der Waals surface area contributed by atoms with E-state index in [1.54, 1.807) is 36.4 Å². The summed E-state index contributed by atoms with van der Waals surface area (Å²) in [6.07, 6.45) is -2.00. The molecule has 0 amide bonds. The number of hydrogen-bond acceptors (Lipinski definition) is 6. The molecule has 3 heterocycles. The van der Waals surface area contributed by atoms with Crippen molar-refractivity contribution in [1.29, 1.82) is 0 Å². The topological polar surface area (TPSA) is 53.6 Å². The van der Waals surface area contributed by atoms with Crippen LogP contribution in [0, 0.1) is 11.8 Å². The molecule has 0 spiro atoms. The van der Waals surface area contributed by atoms with E-state index in [1.807, 2.05) is 11.9 Å². The summed E-state index contributed by atoms with van der Waals surface area (Å²) in [7, 11) is -0.687. The highest BCUT2D eigenvalue weighted by atomic mass is 32.1. The number of hydrogen-bond donors (Lipinski definition) is 2. The van der Waals surface area contributed by atoms with Crippen LogP contribution in [0.1, 0.15) is 36.1 Å². The minimum atomic E-state index is -4.44. The summed E-state index contributed by atoms with van der Waals surface area (Å²) >= 11 is 1.15. The molecule has 2 aliphatic rings. The summed E-state index contributed by atoms with van der Waals surface area (Å²) in [4.78, 5) is 2.20. The summed E-state index contributed by atoms with van der Waals surface area (Å²) in [6, 6.07) is 9.72. The molecule has 5 rings (SSSR count). The number of nitrogens with one attached hydrogen (secondary N) is 2. The maximum atomic E-state index is 14.7. The highest BCUT2D eigenvalue weighted by Gasteiger charge is 2.32. The Hall–Kier alpha value is -2.80. The fourth-order valence-corrected chi connectivity index (χ4v) is 9.89. The normalized spacial score (nSPS) is 20.8. The lowest BCUT2D eigenvalue weighted by Crippen LogP contribution is -2.46. The quantitative estimate of drug-likeness (QED) is 0.153. The second-order valence-corrected chi connectivity index (χ2v) is 15.4. The smallest absolute Gasteiger partial charge is 0.393 e. The van der Waals surface area contributed by atoms with E-state index in [2.05, 4.69) is 22.5 Å². The van der Waals surface area contributed by atoms with Crippen LogP contribution < -0.4 is 20.7 Å². The van der Waals surface area contributed by atoms with Crippen molar-refractivity contribution >= 4 is 45.2 Å². The molecule has 2 saturated heterocycles. The Morgan fingerprint density at radius 1 is 1.14 bits per heavy atom. The van der Waals surface area contributed by atoms with Gasteiger partial charge in [0.1, 0.15) is 19.1 Å². The highest BCUT2D eigenvalue weighted by Crippen LogP contribution is 2.50. The number of piperidine rings is 1. The average Bonchev–Trinajstić information content (AvgIpc) is 3.30. The van der Waals surface area contributed by atoms with E-state index < -0.39 is 38.8 Å². The average molecular weight is 640 g/mol. The van der Waals surface area contributed by atoms with Crippen molar-refractivity contribution in [2.24, 2.45) is 0 Å². The SMILES string of the molecule is CN1CCC(Nc2cccc3c(CC(F)(F)F)c(C#CCNc4ccc(P5(=O)CCCCC5)cc4OCF)sc23)C(F)C1. The predicted octanol–water partition coefficient (Wildman–Crippen LogP) is 7.40. The molecule has 2 aliphatic heterocycles. The van der Waals surface area contributed by atoms with Crippen LogP contribution in [0.3, 0.4) is 0 Å². The molecular formula is C31H35F5N3O2PS. The first-order valence-electron chi connectivity index (χ1n) is 14.4. The molecule has 12 heteroatoms. The van der Waals surface area contributed by atoms with Crippen LogP contribution in [0.2, 0.25) is 0 Å². The van der Waals surface area contributed by atoms with Gasteiger partial charge in [-0.15, -0.1) is 11.3 Å². The summed E-state index contributed by atoms with van der Waals surface area (Å²) in [5, 5.41) is 7.40. The summed E-state index contributed by atoms with van der Waals surface area (Å²) in [6.45, 7) is 0.0142. The van der Waals surface area contributed by atoms with Crippen LogP contribution in [-0.2, 0) is 11.0 Å². The fourth-order valence-electron chi connectivity index (χ4n) is 5.81. The molecule has 43 heavy (non-hydrogen) atoms. The van der Waals surface area contributed by atoms with Gasteiger partial charge in [-0.05, 0) is 61.5 Å². The van der Waals surface area contributed by atoms with Crippen molar-refractivity contribution in [2.45, 2.75) is 50.5 Å². The molecule has 2 fully saturated rings. The van der Waals surface area contributed by atoms with Crippen molar-refractivity contribution in [3.63, 3.8) is 0 Å². The third-order valence-electron chi connectivity index (χ3n) is 8.03. The zero-order valence-electron chi connectivity index (χ0n) is 23.9. The lowest BCUT2D eigenvalue weighted by molar-refractivity contribution is -0.126. The predicted molar refractivity (Wildman–Crippen MR) is 165 cm³/mol. The van der Waals surface area contributed by atoms with Gasteiger partial charge in [0.2, 0.25) is 6.86 Å². The Morgan fingerprint density at radius 3 is 2.65 bits per heavy atom. The molecule has 2 aromatic carbocycles. The summed E-state index contributed by atoms with van der Waals surface area (Å²) in [5.74, 6) is 6.02. The van der Waals surface area contributed by atoms with Crippen LogP contribution in [0.5, 0.6) is 5.75 Å². The van der Waals surface area contributed by atoms with Gasteiger partial charge in [-0.3, -0.25) is 0 Å². The lowest BCUT2D eigenvalue weighted by Gasteiger charge is -2.33. The number of alkyl halides is 5. The molecule has 0 saturated carbocycles. The number of likely N-dealkylation sites (tertiary alicyclic amines) is 1. The van der Waals surface area contributed by atoms with Gasteiger partial charge in [0.25, 0.3) is 0 Å². The number of halogens is 5. The van der Waals surface area contributed by atoms with Crippen molar-refractivity contribution in [3.05, 3.63) is 46.8 Å². The first-order chi connectivity index (χ1) is 20.6. The van der Waals surface area contributed by atoms with Crippen LogP contribution in [0.25, 0.3) is 10.1 Å². The number of benzene rings is 2. The second kappa shape index (κ2) is 13.5. The van der Waals surface area contributed by atoms with Crippen LogP contribution in [0.15, 0.2) is 36.4 Å². The Balaban J connectivity index is 1.38. The Bertz CT molecular complexity index is 1540. The number of nitrogens with zero attached hydrogens (tertiary/aromatic N) is 1. The monoisotopic (exact) mass is 639 g/mol. The van der Waals surface area contributed by atoms with Crippen molar-refractivity contribution in [3.8, 4) is 17.6 Å². The number of fused-ring (bicyclic) bond motifs is 1. The molecule has 5 nitrogen and oxygen atoms in total. The van der Waals surface area contributed by atoms with Gasteiger partial charge in [0.05, 0.1) is 40.0 Å². The Labute approximate surface area is 252 Å². The summed E-state index contributed by atoms with van der Waals surface area (Å²) in [5.41, 5.74) is 1.14. The van der Waals surface area contributed by atoms with E-state index in [-0.39, 0.29) is 22.7 Å².